The SMILES string of the molecule is CC(Sc1ccc(NC(=O)/C=C/C(=O)O)cc1)C(=O)Nc1cc(C(=O)O)ccc1Cl. The molecule has 156 valence electrons. The van der Waals surface area contributed by atoms with Gasteiger partial charge >= 0.3 is 11.9 Å². The molecule has 10 heteroatoms. The fourth-order valence-corrected chi connectivity index (χ4v) is 3.23. The number of hydrogen-bond acceptors (Lipinski definition) is 5. The van der Waals surface area contributed by atoms with Crippen molar-refractivity contribution < 1.29 is 29.4 Å². The minimum absolute atomic E-state index is 0.00541. The Morgan fingerprint density at radius 2 is 1.67 bits per heavy atom. The lowest BCUT2D eigenvalue weighted by Gasteiger charge is -2.14. The van der Waals surface area contributed by atoms with Gasteiger partial charge in [0.25, 0.3) is 0 Å². The predicted octanol–water partition coefficient (Wildman–Crippen LogP) is 3.74. The van der Waals surface area contributed by atoms with Gasteiger partial charge in [-0.05, 0) is 49.4 Å². The van der Waals surface area contributed by atoms with Gasteiger partial charge in [0, 0.05) is 22.7 Å². The summed E-state index contributed by atoms with van der Waals surface area (Å²) in [5.41, 5.74) is 0.682. The number of aromatic carboxylic acids is 1. The van der Waals surface area contributed by atoms with Gasteiger partial charge in [-0.2, -0.15) is 0 Å². The van der Waals surface area contributed by atoms with Gasteiger partial charge in [0.05, 0.1) is 21.5 Å². The van der Waals surface area contributed by atoms with Crippen molar-refractivity contribution in [3.63, 3.8) is 0 Å². The van der Waals surface area contributed by atoms with Crippen LogP contribution in [0, 0.1) is 0 Å². The zero-order valence-electron chi connectivity index (χ0n) is 15.6. The summed E-state index contributed by atoms with van der Waals surface area (Å²) in [6.45, 7) is 1.68. The Labute approximate surface area is 180 Å². The van der Waals surface area contributed by atoms with E-state index in [0.29, 0.717) is 5.69 Å². The summed E-state index contributed by atoms with van der Waals surface area (Å²) in [5.74, 6) is -3.29. The molecule has 2 aromatic carbocycles. The zero-order chi connectivity index (χ0) is 22.3. The van der Waals surface area contributed by atoms with Crippen LogP contribution >= 0.6 is 23.4 Å². The van der Waals surface area contributed by atoms with Gasteiger partial charge in [0.2, 0.25) is 11.8 Å². The molecule has 0 bridgehead atoms. The molecule has 0 saturated carbocycles. The summed E-state index contributed by atoms with van der Waals surface area (Å²) in [7, 11) is 0. The Kier molecular flexibility index (Phi) is 8.02. The second kappa shape index (κ2) is 10.5. The minimum atomic E-state index is -1.22. The monoisotopic (exact) mass is 448 g/mol. The number of carboxylic acids is 2. The first kappa shape index (κ1) is 23.0. The van der Waals surface area contributed by atoms with Crippen molar-refractivity contribution in [2.24, 2.45) is 0 Å². The third kappa shape index (κ3) is 6.94. The molecule has 0 aromatic heterocycles. The van der Waals surface area contributed by atoms with Crippen molar-refractivity contribution in [2.75, 3.05) is 10.6 Å². The van der Waals surface area contributed by atoms with Crippen LogP contribution in [0.3, 0.4) is 0 Å². The molecule has 0 aliphatic rings. The molecule has 30 heavy (non-hydrogen) atoms. The Morgan fingerprint density at radius 3 is 2.27 bits per heavy atom. The number of carbonyl (C=O) groups is 4. The zero-order valence-corrected chi connectivity index (χ0v) is 17.2. The lowest BCUT2D eigenvalue weighted by atomic mass is 10.2. The van der Waals surface area contributed by atoms with E-state index in [1.165, 1.54) is 30.0 Å². The highest BCUT2D eigenvalue weighted by atomic mass is 35.5. The highest BCUT2D eigenvalue weighted by Gasteiger charge is 2.17. The molecular weight excluding hydrogens is 432 g/mol. The van der Waals surface area contributed by atoms with E-state index in [2.05, 4.69) is 10.6 Å². The van der Waals surface area contributed by atoms with Crippen LogP contribution < -0.4 is 10.6 Å². The molecule has 0 spiro atoms. The first-order valence-corrected chi connectivity index (χ1v) is 9.74. The fourth-order valence-electron chi connectivity index (χ4n) is 2.19. The predicted molar refractivity (Wildman–Crippen MR) is 114 cm³/mol. The Morgan fingerprint density at radius 1 is 1.00 bits per heavy atom. The van der Waals surface area contributed by atoms with Crippen molar-refractivity contribution >= 4 is 58.5 Å². The van der Waals surface area contributed by atoms with Crippen molar-refractivity contribution in [3.8, 4) is 0 Å². The van der Waals surface area contributed by atoms with Crippen LogP contribution in [0.1, 0.15) is 17.3 Å². The average molecular weight is 449 g/mol. The second-order valence-electron chi connectivity index (χ2n) is 5.93. The summed E-state index contributed by atoms with van der Waals surface area (Å²) in [6.07, 6.45) is 1.64. The van der Waals surface area contributed by atoms with Crippen LogP contribution in [0.2, 0.25) is 5.02 Å². The molecule has 4 N–H and O–H groups in total. The third-order valence-electron chi connectivity index (χ3n) is 3.65. The van der Waals surface area contributed by atoms with Crippen LogP contribution in [0.4, 0.5) is 11.4 Å². The maximum absolute atomic E-state index is 12.4. The largest absolute Gasteiger partial charge is 0.478 e. The van der Waals surface area contributed by atoms with Gasteiger partial charge in [0.1, 0.15) is 0 Å². The molecule has 2 aromatic rings. The first-order chi connectivity index (χ1) is 14.2. The lowest BCUT2D eigenvalue weighted by molar-refractivity contribution is -0.131. The minimum Gasteiger partial charge on any atom is -0.478 e. The summed E-state index contributed by atoms with van der Waals surface area (Å²) < 4.78 is 0. The molecule has 8 nitrogen and oxygen atoms in total. The molecule has 0 heterocycles. The maximum Gasteiger partial charge on any atom is 0.335 e. The highest BCUT2D eigenvalue weighted by Crippen LogP contribution is 2.28. The van der Waals surface area contributed by atoms with E-state index in [4.69, 9.17) is 21.8 Å². The number of thioether (sulfide) groups is 1. The summed E-state index contributed by atoms with van der Waals surface area (Å²) in [5, 5.41) is 22.4. The van der Waals surface area contributed by atoms with E-state index in [0.717, 1.165) is 17.0 Å². The summed E-state index contributed by atoms with van der Waals surface area (Å²) >= 11 is 7.28. The number of amides is 2. The standard InChI is InChI=1S/C20H17ClN2O6S/c1-11(19(27)23-16-10-12(20(28)29)2-7-15(16)21)30-14-5-3-13(4-6-14)22-17(24)8-9-18(25)26/h2-11H,1H3,(H,22,24)(H,23,27)(H,25,26)(H,28,29)/b9-8+. The highest BCUT2D eigenvalue weighted by molar-refractivity contribution is 8.00. The first-order valence-electron chi connectivity index (χ1n) is 8.48. The van der Waals surface area contributed by atoms with Gasteiger partial charge in [-0.15, -0.1) is 11.8 Å². The van der Waals surface area contributed by atoms with Gasteiger partial charge < -0.3 is 20.8 Å². The molecule has 0 aliphatic carbocycles. The van der Waals surface area contributed by atoms with Gasteiger partial charge in [-0.1, -0.05) is 11.6 Å². The number of carbonyl (C=O) groups excluding carboxylic acids is 2. The summed E-state index contributed by atoms with van der Waals surface area (Å²) in [6, 6.07) is 10.7. The maximum atomic E-state index is 12.4. The van der Waals surface area contributed by atoms with Gasteiger partial charge in [-0.25, -0.2) is 9.59 Å². The van der Waals surface area contributed by atoms with Crippen LogP contribution in [0.25, 0.3) is 0 Å². The van der Waals surface area contributed by atoms with E-state index in [1.54, 1.807) is 31.2 Å². The number of rotatable bonds is 8. The number of hydrogen-bond donors (Lipinski definition) is 4. The van der Waals surface area contributed by atoms with Crippen molar-refractivity contribution in [2.45, 2.75) is 17.1 Å². The van der Waals surface area contributed by atoms with Gasteiger partial charge in [-0.3, -0.25) is 9.59 Å². The topological polar surface area (TPSA) is 133 Å². The van der Waals surface area contributed by atoms with Crippen molar-refractivity contribution in [1.82, 2.24) is 0 Å². The molecule has 0 saturated heterocycles. The molecule has 1 unspecified atom stereocenters. The number of benzene rings is 2. The van der Waals surface area contributed by atoms with Crippen molar-refractivity contribution in [3.05, 3.63) is 65.2 Å². The van der Waals surface area contributed by atoms with E-state index in [1.807, 2.05) is 0 Å². The van der Waals surface area contributed by atoms with E-state index >= 15 is 0 Å². The molecule has 0 fully saturated rings. The molecule has 1 atom stereocenters. The van der Waals surface area contributed by atoms with E-state index in [-0.39, 0.29) is 22.2 Å². The Bertz CT molecular complexity index is 1010. The Hall–Kier alpha value is -3.30. The number of aliphatic carboxylic acids is 1. The third-order valence-corrected chi connectivity index (χ3v) is 5.09. The molecule has 0 aliphatic heterocycles. The fraction of sp³-hybridized carbons (Fsp3) is 0.100. The van der Waals surface area contributed by atoms with E-state index in [9.17, 15) is 19.2 Å². The lowest BCUT2D eigenvalue weighted by Crippen LogP contribution is -2.22. The van der Waals surface area contributed by atoms with E-state index < -0.39 is 23.1 Å². The molecule has 0 radical (unpaired) electrons. The number of anilines is 2. The smallest absolute Gasteiger partial charge is 0.335 e. The van der Waals surface area contributed by atoms with Crippen LogP contribution in [0.15, 0.2) is 59.5 Å². The van der Waals surface area contributed by atoms with Crippen LogP contribution in [-0.2, 0) is 14.4 Å². The van der Waals surface area contributed by atoms with Crippen LogP contribution in [0.5, 0.6) is 0 Å². The summed E-state index contributed by atoms with van der Waals surface area (Å²) in [4.78, 5) is 46.2. The van der Waals surface area contributed by atoms with Crippen LogP contribution in [-0.4, -0.2) is 39.2 Å². The van der Waals surface area contributed by atoms with Gasteiger partial charge in [0.15, 0.2) is 0 Å². The quantitative estimate of drug-likeness (QED) is 0.357. The molecular formula is C20H17ClN2O6S. The normalized spacial score (nSPS) is 11.7. The number of nitrogens with one attached hydrogen (secondary N) is 2. The average Bonchev–Trinajstić information content (AvgIpc) is 2.69. The molecule has 2 amide bonds. The second-order valence-corrected chi connectivity index (χ2v) is 7.76. The number of carboxylic acid groups (broad SMARTS) is 2. The molecule has 2 rings (SSSR count). The Balaban J connectivity index is 1.97. The van der Waals surface area contributed by atoms with Crippen molar-refractivity contribution in [1.29, 1.82) is 0 Å². The number of halogens is 1.